The predicted molar refractivity (Wildman–Crippen MR) is 106 cm³/mol. The van der Waals surface area contributed by atoms with Crippen LogP contribution < -0.4 is 0 Å². The van der Waals surface area contributed by atoms with Crippen molar-refractivity contribution in [2.45, 2.75) is 63.6 Å². The summed E-state index contributed by atoms with van der Waals surface area (Å²) in [5.41, 5.74) is 1.11. The maximum absolute atomic E-state index is 13.3. The number of amides is 2. The molecule has 2 aromatic heterocycles. The molecule has 0 saturated heterocycles. The lowest BCUT2D eigenvalue weighted by molar-refractivity contribution is -0.133. The molecule has 0 aliphatic heterocycles. The lowest BCUT2D eigenvalue weighted by atomic mass is 9.94. The second-order valence-electron chi connectivity index (χ2n) is 8.07. The maximum atomic E-state index is 13.3. The Hall–Kier alpha value is -2.50. The Morgan fingerprint density at radius 1 is 1.04 bits per heavy atom. The molecule has 0 radical (unpaired) electrons. The van der Waals surface area contributed by atoms with Crippen LogP contribution in [0.4, 0.5) is 0 Å². The maximum Gasteiger partial charge on any atom is 0.290 e. The number of aromatic nitrogens is 1. The van der Waals surface area contributed by atoms with Gasteiger partial charge in [0.05, 0.1) is 12.8 Å². The van der Waals surface area contributed by atoms with Crippen molar-refractivity contribution >= 4 is 11.8 Å². The van der Waals surface area contributed by atoms with Crippen LogP contribution >= 0.6 is 0 Å². The molecule has 6 nitrogen and oxygen atoms in total. The van der Waals surface area contributed by atoms with Crippen LogP contribution in [0.1, 0.15) is 61.2 Å². The highest BCUT2D eigenvalue weighted by atomic mass is 16.3. The van der Waals surface area contributed by atoms with Gasteiger partial charge in [0.1, 0.15) is 6.54 Å². The fourth-order valence-corrected chi connectivity index (χ4v) is 4.18. The number of furan rings is 1. The Morgan fingerprint density at radius 3 is 2.39 bits per heavy atom. The van der Waals surface area contributed by atoms with Crippen LogP contribution in [0.15, 0.2) is 41.1 Å². The monoisotopic (exact) mass is 383 g/mol. The van der Waals surface area contributed by atoms with Gasteiger partial charge in [-0.15, -0.1) is 0 Å². The van der Waals surface area contributed by atoms with Gasteiger partial charge >= 0.3 is 0 Å². The van der Waals surface area contributed by atoms with Crippen LogP contribution in [0.25, 0.3) is 0 Å². The van der Waals surface area contributed by atoms with Gasteiger partial charge in [-0.3, -0.25) is 9.59 Å². The Morgan fingerprint density at radius 2 is 1.79 bits per heavy atom. The van der Waals surface area contributed by atoms with Crippen molar-refractivity contribution in [1.29, 1.82) is 0 Å². The highest BCUT2D eigenvalue weighted by Gasteiger charge is 2.36. The Balaban J connectivity index is 1.51. The van der Waals surface area contributed by atoms with E-state index in [9.17, 15) is 9.59 Å². The Labute approximate surface area is 166 Å². The lowest BCUT2D eigenvalue weighted by Gasteiger charge is -2.35. The zero-order valence-electron chi connectivity index (χ0n) is 16.5. The molecular formula is C22H29N3O3. The SMILES string of the molecule is Cn1cccc1CN(C(=O)CN(C(=O)c1ccco1)C1CCCCC1)C1CC1. The van der Waals surface area contributed by atoms with Gasteiger partial charge in [0.25, 0.3) is 5.91 Å². The summed E-state index contributed by atoms with van der Waals surface area (Å²) >= 11 is 0. The number of aryl methyl sites for hydroxylation is 1. The molecule has 2 amide bonds. The Bertz CT molecular complexity index is 801. The van der Waals surface area contributed by atoms with E-state index in [1.807, 2.05) is 24.2 Å². The first-order valence-electron chi connectivity index (χ1n) is 10.4. The van der Waals surface area contributed by atoms with Crippen molar-refractivity contribution in [3.8, 4) is 0 Å². The van der Waals surface area contributed by atoms with Crippen molar-refractivity contribution in [3.05, 3.63) is 48.2 Å². The summed E-state index contributed by atoms with van der Waals surface area (Å²) in [5, 5.41) is 0. The van der Waals surface area contributed by atoms with E-state index < -0.39 is 0 Å². The van der Waals surface area contributed by atoms with E-state index in [0.717, 1.165) is 44.2 Å². The first kappa shape index (κ1) is 18.8. The third-order valence-corrected chi connectivity index (χ3v) is 6.01. The summed E-state index contributed by atoms with van der Waals surface area (Å²) < 4.78 is 7.40. The van der Waals surface area contributed by atoms with Crippen LogP contribution in [-0.2, 0) is 18.4 Å². The smallest absolute Gasteiger partial charge is 0.290 e. The first-order chi connectivity index (χ1) is 13.6. The van der Waals surface area contributed by atoms with Gasteiger partial charge in [-0.05, 0) is 49.9 Å². The van der Waals surface area contributed by atoms with Crippen molar-refractivity contribution in [3.63, 3.8) is 0 Å². The second-order valence-corrected chi connectivity index (χ2v) is 8.07. The Kier molecular flexibility index (Phi) is 5.55. The average Bonchev–Trinajstić information content (AvgIpc) is 3.23. The van der Waals surface area contributed by atoms with Crippen LogP contribution in [-0.4, -0.2) is 44.8 Å². The summed E-state index contributed by atoms with van der Waals surface area (Å²) in [5.74, 6) is 0.188. The molecule has 2 aliphatic carbocycles. The zero-order chi connectivity index (χ0) is 19.5. The van der Waals surface area contributed by atoms with E-state index in [0.29, 0.717) is 18.3 Å². The van der Waals surface area contributed by atoms with E-state index in [1.165, 1.54) is 12.7 Å². The minimum atomic E-state index is -0.167. The third kappa shape index (κ3) is 4.16. The van der Waals surface area contributed by atoms with Gasteiger partial charge < -0.3 is 18.8 Å². The summed E-state index contributed by atoms with van der Waals surface area (Å²) in [6, 6.07) is 7.88. The zero-order valence-corrected chi connectivity index (χ0v) is 16.5. The van der Waals surface area contributed by atoms with Crippen molar-refractivity contribution in [2.24, 2.45) is 7.05 Å². The molecule has 6 heteroatoms. The van der Waals surface area contributed by atoms with Gasteiger partial charge in [0.15, 0.2) is 5.76 Å². The lowest BCUT2D eigenvalue weighted by Crippen LogP contribution is -2.48. The number of carbonyl (C=O) groups excluding carboxylic acids is 2. The topological polar surface area (TPSA) is 58.7 Å². The van der Waals surface area contributed by atoms with Crippen LogP contribution in [0.3, 0.4) is 0 Å². The molecule has 0 spiro atoms. The number of nitrogens with zero attached hydrogens (tertiary/aromatic N) is 3. The highest BCUT2D eigenvalue weighted by Crippen LogP contribution is 2.30. The van der Waals surface area contributed by atoms with Crippen LogP contribution in [0, 0.1) is 0 Å². The minimum absolute atomic E-state index is 0.0363. The van der Waals surface area contributed by atoms with E-state index in [-0.39, 0.29) is 24.4 Å². The number of hydrogen-bond donors (Lipinski definition) is 0. The molecule has 150 valence electrons. The second kappa shape index (κ2) is 8.25. The first-order valence-corrected chi connectivity index (χ1v) is 10.4. The summed E-state index contributed by atoms with van der Waals surface area (Å²) in [6.07, 6.45) is 10.9. The number of rotatable bonds is 7. The molecule has 2 aromatic rings. The van der Waals surface area contributed by atoms with E-state index in [4.69, 9.17) is 4.42 Å². The molecule has 0 bridgehead atoms. The standard InChI is InChI=1S/C22H29N3O3/c1-23-13-5-9-19(23)15-24(18-11-12-18)21(26)16-25(17-7-3-2-4-8-17)22(27)20-10-6-14-28-20/h5-6,9-10,13-14,17-18H,2-4,7-8,11-12,15-16H2,1H3. The molecule has 4 rings (SSSR count). The molecule has 2 fully saturated rings. The number of hydrogen-bond acceptors (Lipinski definition) is 3. The van der Waals surface area contributed by atoms with Crippen LogP contribution in [0.2, 0.25) is 0 Å². The molecule has 0 N–H and O–H groups in total. The van der Waals surface area contributed by atoms with Crippen molar-refractivity contribution in [1.82, 2.24) is 14.4 Å². The van der Waals surface area contributed by atoms with Gasteiger partial charge in [-0.2, -0.15) is 0 Å². The molecular weight excluding hydrogens is 354 g/mol. The average molecular weight is 383 g/mol. The molecule has 2 saturated carbocycles. The minimum Gasteiger partial charge on any atom is -0.459 e. The van der Waals surface area contributed by atoms with Gasteiger partial charge in [-0.1, -0.05) is 19.3 Å². The van der Waals surface area contributed by atoms with E-state index >= 15 is 0 Å². The largest absolute Gasteiger partial charge is 0.459 e. The van der Waals surface area contributed by atoms with E-state index in [1.54, 1.807) is 17.0 Å². The van der Waals surface area contributed by atoms with Crippen molar-refractivity contribution in [2.75, 3.05) is 6.54 Å². The molecule has 2 aliphatic rings. The molecule has 0 unspecified atom stereocenters. The van der Waals surface area contributed by atoms with Crippen molar-refractivity contribution < 1.29 is 14.0 Å². The summed E-state index contributed by atoms with van der Waals surface area (Å²) in [7, 11) is 2.00. The van der Waals surface area contributed by atoms with Crippen LogP contribution in [0.5, 0.6) is 0 Å². The molecule has 2 heterocycles. The third-order valence-electron chi connectivity index (χ3n) is 6.01. The summed E-state index contributed by atoms with van der Waals surface area (Å²) in [6.45, 7) is 0.728. The van der Waals surface area contributed by atoms with E-state index in [2.05, 4.69) is 10.6 Å². The van der Waals surface area contributed by atoms with Gasteiger partial charge in [-0.25, -0.2) is 0 Å². The molecule has 28 heavy (non-hydrogen) atoms. The quantitative estimate of drug-likeness (QED) is 0.734. The number of carbonyl (C=O) groups is 2. The predicted octanol–water partition coefficient (Wildman–Crippen LogP) is 3.58. The van der Waals surface area contributed by atoms with Gasteiger partial charge in [0, 0.05) is 31.0 Å². The normalized spacial score (nSPS) is 17.5. The highest BCUT2D eigenvalue weighted by molar-refractivity contribution is 5.94. The molecule has 0 aromatic carbocycles. The summed E-state index contributed by atoms with van der Waals surface area (Å²) in [4.78, 5) is 30.1. The molecule has 0 atom stereocenters. The fourth-order valence-electron chi connectivity index (χ4n) is 4.18. The van der Waals surface area contributed by atoms with Gasteiger partial charge in [0.2, 0.25) is 5.91 Å². The fraction of sp³-hybridized carbons (Fsp3) is 0.545.